The fraction of sp³-hybridized carbons (Fsp3) is 0.152. The highest BCUT2D eigenvalue weighted by molar-refractivity contribution is 7.99. The van der Waals surface area contributed by atoms with E-state index in [0.29, 0.717) is 0 Å². The molecule has 3 nitrogen and oxygen atoms in total. The quantitative estimate of drug-likeness (QED) is 0.242. The minimum absolute atomic E-state index is 0.0973. The summed E-state index contributed by atoms with van der Waals surface area (Å²) in [5, 5.41) is 3.49. The number of aromatic nitrogens is 3. The van der Waals surface area contributed by atoms with Crippen molar-refractivity contribution in [2.45, 2.75) is 43.0 Å². The Morgan fingerprint density at radius 1 is 0.676 bits per heavy atom. The smallest absolute Gasteiger partial charge is 0.137 e. The molecule has 182 valence electrons. The summed E-state index contributed by atoms with van der Waals surface area (Å²) in [5.74, 6) is 0.942. The molecule has 0 radical (unpaired) electrons. The van der Waals surface area contributed by atoms with E-state index in [4.69, 9.17) is 4.98 Å². The van der Waals surface area contributed by atoms with Crippen LogP contribution in [0.25, 0.3) is 38.8 Å². The van der Waals surface area contributed by atoms with E-state index in [1.807, 2.05) is 18.5 Å². The lowest BCUT2D eigenvalue weighted by Gasteiger charge is -2.19. The Morgan fingerprint density at radius 3 is 2.30 bits per heavy atom. The first-order chi connectivity index (χ1) is 17.9. The summed E-state index contributed by atoms with van der Waals surface area (Å²) >= 11 is 1.71. The molecule has 0 bridgehead atoms. The molecule has 37 heavy (non-hydrogen) atoms. The topological polar surface area (TPSA) is 30.7 Å². The van der Waals surface area contributed by atoms with Gasteiger partial charge >= 0.3 is 0 Å². The molecule has 4 heteroatoms. The van der Waals surface area contributed by atoms with Crippen LogP contribution in [-0.4, -0.2) is 14.5 Å². The van der Waals surface area contributed by atoms with Gasteiger partial charge in [-0.25, -0.2) is 9.97 Å². The lowest BCUT2D eigenvalue weighted by Crippen LogP contribution is -2.11. The Kier molecular flexibility index (Phi) is 5.85. The maximum absolute atomic E-state index is 4.72. The van der Waals surface area contributed by atoms with Crippen LogP contribution < -0.4 is 0 Å². The second-order valence-electron chi connectivity index (χ2n) is 10.5. The Morgan fingerprint density at radius 2 is 1.46 bits per heavy atom. The normalized spacial score (nSPS) is 11.9. The molecule has 6 rings (SSSR count). The van der Waals surface area contributed by atoms with E-state index in [0.717, 1.165) is 16.4 Å². The third-order valence-corrected chi connectivity index (χ3v) is 7.72. The zero-order valence-corrected chi connectivity index (χ0v) is 22.4. The van der Waals surface area contributed by atoms with E-state index in [2.05, 4.69) is 122 Å². The molecular formula is C33H29N3S. The molecule has 0 saturated carbocycles. The zero-order valence-electron chi connectivity index (χ0n) is 21.6. The lowest BCUT2D eigenvalue weighted by molar-refractivity contribution is 0.587. The van der Waals surface area contributed by atoms with Crippen molar-refractivity contribution in [1.82, 2.24) is 14.5 Å². The summed E-state index contributed by atoms with van der Waals surface area (Å²) in [6.07, 6.45) is 3.80. The number of rotatable bonds is 4. The molecule has 0 aliphatic heterocycles. The molecule has 3 heterocycles. The van der Waals surface area contributed by atoms with Gasteiger partial charge in [0.2, 0.25) is 0 Å². The molecular weight excluding hydrogens is 470 g/mol. The van der Waals surface area contributed by atoms with Crippen LogP contribution in [0.3, 0.4) is 0 Å². The van der Waals surface area contributed by atoms with Gasteiger partial charge in [0.1, 0.15) is 10.8 Å². The number of pyridine rings is 2. The van der Waals surface area contributed by atoms with Crippen molar-refractivity contribution >= 4 is 33.6 Å². The number of hydrogen-bond acceptors (Lipinski definition) is 3. The van der Waals surface area contributed by atoms with Gasteiger partial charge in [0, 0.05) is 28.1 Å². The van der Waals surface area contributed by atoms with Crippen LogP contribution in [0.5, 0.6) is 0 Å². The van der Waals surface area contributed by atoms with Gasteiger partial charge in [-0.05, 0) is 83.1 Å². The molecule has 0 saturated heterocycles. The molecule has 6 aromatic rings. The SMILES string of the molecule is Cc1ccnc(-n2c3ccccc3c3ccc(-c4cccc(Sc5cc(C(C)(C)C)ccn5)c4)cc32)c1. The van der Waals surface area contributed by atoms with Crippen molar-refractivity contribution < 1.29 is 0 Å². The predicted octanol–water partition coefficient (Wildman–Crippen LogP) is 9.00. The van der Waals surface area contributed by atoms with Crippen LogP contribution in [0.1, 0.15) is 31.9 Å². The van der Waals surface area contributed by atoms with Crippen molar-refractivity contribution in [3.8, 4) is 16.9 Å². The summed E-state index contributed by atoms with van der Waals surface area (Å²) < 4.78 is 2.28. The fourth-order valence-electron chi connectivity index (χ4n) is 4.83. The summed E-state index contributed by atoms with van der Waals surface area (Å²) in [6, 6.07) is 32.6. The van der Waals surface area contributed by atoms with Crippen molar-refractivity contribution in [1.29, 1.82) is 0 Å². The van der Waals surface area contributed by atoms with Gasteiger partial charge < -0.3 is 0 Å². The Labute approximate surface area is 222 Å². The molecule has 0 fully saturated rings. The van der Waals surface area contributed by atoms with Gasteiger partial charge in [0.05, 0.1) is 11.0 Å². The molecule has 0 aliphatic carbocycles. The van der Waals surface area contributed by atoms with Crippen LogP contribution >= 0.6 is 11.8 Å². The third-order valence-electron chi connectivity index (χ3n) is 6.79. The van der Waals surface area contributed by atoms with Gasteiger partial charge in [-0.1, -0.05) is 75.0 Å². The van der Waals surface area contributed by atoms with Crippen LogP contribution in [-0.2, 0) is 5.41 Å². The van der Waals surface area contributed by atoms with E-state index < -0.39 is 0 Å². The molecule has 0 atom stereocenters. The Hall–Kier alpha value is -3.89. The second kappa shape index (κ2) is 9.20. The van der Waals surface area contributed by atoms with E-state index in [1.165, 1.54) is 43.4 Å². The Bertz CT molecular complexity index is 1760. The molecule has 0 aliphatic rings. The van der Waals surface area contributed by atoms with Crippen LogP contribution in [0.15, 0.2) is 113 Å². The van der Waals surface area contributed by atoms with Crippen LogP contribution in [0.2, 0.25) is 0 Å². The van der Waals surface area contributed by atoms with Crippen LogP contribution in [0, 0.1) is 6.92 Å². The average molecular weight is 500 g/mol. The van der Waals surface area contributed by atoms with Crippen molar-refractivity contribution in [2.75, 3.05) is 0 Å². The highest BCUT2D eigenvalue weighted by atomic mass is 32.2. The minimum Gasteiger partial charge on any atom is -0.294 e. The van der Waals surface area contributed by atoms with Crippen LogP contribution in [0.4, 0.5) is 0 Å². The second-order valence-corrected chi connectivity index (χ2v) is 11.6. The summed E-state index contributed by atoms with van der Waals surface area (Å²) in [4.78, 5) is 10.5. The first-order valence-electron chi connectivity index (χ1n) is 12.6. The zero-order chi connectivity index (χ0) is 25.6. The molecule has 0 unspecified atom stereocenters. The number of nitrogens with zero attached hydrogens (tertiary/aromatic N) is 3. The fourth-order valence-corrected chi connectivity index (χ4v) is 5.70. The van der Waals surface area contributed by atoms with Gasteiger partial charge in [0.25, 0.3) is 0 Å². The van der Waals surface area contributed by atoms with Gasteiger partial charge in [-0.15, -0.1) is 0 Å². The predicted molar refractivity (Wildman–Crippen MR) is 156 cm³/mol. The third kappa shape index (κ3) is 4.54. The number of benzene rings is 3. The summed E-state index contributed by atoms with van der Waals surface area (Å²) in [7, 11) is 0. The molecule has 0 amide bonds. The maximum Gasteiger partial charge on any atom is 0.137 e. The highest BCUT2D eigenvalue weighted by Gasteiger charge is 2.16. The standard InChI is InChI=1S/C33H29N3S/c1-22-14-16-34-31(18-22)36-29-11-6-5-10-27(29)28-13-12-24(20-30(28)36)23-8-7-9-26(19-23)37-32-21-25(15-17-35-32)33(2,3)4/h5-21H,1-4H3. The van der Waals surface area contributed by atoms with Crippen molar-refractivity contribution in [3.63, 3.8) is 0 Å². The van der Waals surface area contributed by atoms with Gasteiger partial charge in [0.15, 0.2) is 0 Å². The van der Waals surface area contributed by atoms with Crippen molar-refractivity contribution in [3.05, 3.63) is 115 Å². The van der Waals surface area contributed by atoms with Crippen molar-refractivity contribution in [2.24, 2.45) is 0 Å². The first-order valence-corrected chi connectivity index (χ1v) is 13.4. The first kappa shape index (κ1) is 23.5. The highest BCUT2D eigenvalue weighted by Crippen LogP contribution is 2.36. The molecule has 3 aromatic heterocycles. The number of para-hydroxylation sites is 1. The van der Waals surface area contributed by atoms with Gasteiger partial charge in [-0.3, -0.25) is 4.57 Å². The average Bonchev–Trinajstić information content (AvgIpc) is 3.22. The lowest BCUT2D eigenvalue weighted by atomic mass is 9.88. The monoisotopic (exact) mass is 499 g/mol. The van der Waals surface area contributed by atoms with E-state index in [1.54, 1.807) is 11.8 Å². The number of hydrogen-bond donors (Lipinski definition) is 0. The molecule has 0 spiro atoms. The Balaban J connectivity index is 1.44. The largest absolute Gasteiger partial charge is 0.294 e. The van der Waals surface area contributed by atoms with E-state index in [-0.39, 0.29) is 5.41 Å². The summed E-state index contributed by atoms with van der Waals surface area (Å²) in [5.41, 5.74) is 7.29. The van der Waals surface area contributed by atoms with E-state index in [9.17, 15) is 0 Å². The molecule has 3 aromatic carbocycles. The maximum atomic E-state index is 4.72. The minimum atomic E-state index is 0.0973. The summed E-state index contributed by atoms with van der Waals surface area (Å²) in [6.45, 7) is 8.82. The molecule has 0 N–H and O–H groups in total. The number of fused-ring (bicyclic) bond motifs is 3. The van der Waals surface area contributed by atoms with Gasteiger partial charge in [-0.2, -0.15) is 0 Å². The number of aryl methyl sites for hydroxylation is 1. The van der Waals surface area contributed by atoms with E-state index >= 15 is 0 Å².